The molecule has 0 fully saturated rings. The first-order valence-corrected chi connectivity index (χ1v) is 8.12. The number of nitrogens with zero attached hydrogens (tertiary/aromatic N) is 1. The van der Waals surface area contributed by atoms with Crippen LogP contribution in [0.5, 0.6) is 11.5 Å². The first-order valence-electron chi connectivity index (χ1n) is 8.12. The summed E-state index contributed by atoms with van der Waals surface area (Å²) in [5, 5.41) is 2.83. The van der Waals surface area contributed by atoms with Gasteiger partial charge in [0.15, 0.2) is 6.10 Å². The van der Waals surface area contributed by atoms with Gasteiger partial charge in [-0.25, -0.2) is 0 Å². The van der Waals surface area contributed by atoms with Crippen molar-refractivity contribution in [3.63, 3.8) is 0 Å². The van der Waals surface area contributed by atoms with E-state index in [0.29, 0.717) is 29.3 Å². The first-order chi connectivity index (χ1) is 12.0. The van der Waals surface area contributed by atoms with Crippen molar-refractivity contribution in [1.29, 1.82) is 0 Å². The van der Waals surface area contributed by atoms with Crippen LogP contribution in [-0.2, 0) is 4.79 Å². The van der Waals surface area contributed by atoms with Gasteiger partial charge >= 0.3 is 0 Å². The van der Waals surface area contributed by atoms with Crippen LogP contribution in [0.15, 0.2) is 42.5 Å². The van der Waals surface area contributed by atoms with Gasteiger partial charge in [-0.2, -0.15) is 0 Å². The molecule has 6 heteroatoms. The maximum atomic E-state index is 12.4. The fourth-order valence-corrected chi connectivity index (χ4v) is 2.66. The maximum Gasteiger partial charge on any atom is 0.267 e. The molecule has 1 heterocycles. The average molecular weight is 340 g/mol. The predicted octanol–water partition coefficient (Wildman–Crippen LogP) is 3.08. The molecule has 2 aromatic rings. The molecule has 1 aliphatic heterocycles. The van der Waals surface area contributed by atoms with Gasteiger partial charge < -0.3 is 19.7 Å². The lowest BCUT2D eigenvalue weighted by molar-refractivity contribution is -0.125. The summed E-state index contributed by atoms with van der Waals surface area (Å²) in [6.45, 7) is 4.19. The standard InChI is InChI=1S/C19H20N2O4/c1-4-24-15-8-5-13(6-9-15)18(22)20-14-7-10-17-16(11-14)21(3)19(23)12(2)25-17/h5-12H,4H2,1-3H3,(H,20,22)/t12-/m0/s1. The molecule has 2 amide bonds. The molecule has 0 saturated carbocycles. The summed E-state index contributed by atoms with van der Waals surface area (Å²) < 4.78 is 10.9. The van der Waals surface area contributed by atoms with Crippen molar-refractivity contribution in [2.45, 2.75) is 20.0 Å². The molecule has 0 radical (unpaired) electrons. The fraction of sp³-hybridized carbons (Fsp3) is 0.263. The Kier molecular flexibility index (Phi) is 4.61. The highest BCUT2D eigenvalue weighted by Crippen LogP contribution is 2.35. The minimum Gasteiger partial charge on any atom is -0.494 e. The number of benzene rings is 2. The molecule has 0 spiro atoms. The largest absolute Gasteiger partial charge is 0.494 e. The molecule has 0 saturated heterocycles. The molecule has 1 N–H and O–H groups in total. The molecule has 25 heavy (non-hydrogen) atoms. The van der Waals surface area contributed by atoms with Crippen LogP contribution >= 0.6 is 0 Å². The number of anilines is 2. The zero-order chi connectivity index (χ0) is 18.0. The number of fused-ring (bicyclic) bond motifs is 1. The Balaban J connectivity index is 1.77. The van der Waals surface area contributed by atoms with Crippen LogP contribution in [0.3, 0.4) is 0 Å². The fourth-order valence-electron chi connectivity index (χ4n) is 2.66. The normalized spacial score (nSPS) is 16.0. The lowest BCUT2D eigenvalue weighted by atomic mass is 10.1. The van der Waals surface area contributed by atoms with Crippen molar-refractivity contribution in [3.8, 4) is 11.5 Å². The number of likely N-dealkylation sites (N-methyl/N-ethyl adjacent to an activating group) is 1. The minimum absolute atomic E-state index is 0.123. The van der Waals surface area contributed by atoms with Gasteiger partial charge in [0.2, 0.25) is 0 Å². The molecular weight excluding hydrogens is 320 g/mol. The van der Waals surface area contributed by atoms with Crippen molar-refractivity contribution in [2.75, 3.05) is 23.9 Å². The highest BCUT2D eigenvalue weighted by atomic mass is 16.5. The van der Waals surface area contributed by atoms with Crippen molar-refractivity contribution < 1.29 is 19.1 Å². The van der Waals surface area contributed by atoms with Gasteiger partial charge in [0.1, 0.15) is 11.5 Å². The second-order valence-electron chi connectivity index (χ2n) is 5.75. The maximum absolute atomic E-state index is 12.4. The Morgan fingerprint density at radius 3 is 2.64 bits per heavy atom. The minimum atomic E-state index is -0.512. The SMILES string of the molecule is CCOc1ccc(C(=O)Nc2ccc3c(c2)N(C)C(=O)[C@H](C)O3)cc1. The topological polar surface area (TPSA) is 67.9 Å². The highest BCUT2D eigenvalue weighted by molar-refractivity contribution is 6.05. The van der Waals surface area contributed by atoms with Gasteiger partial charge in [0.05, 0.1) is 12.3 Å². The second kappa shape index (κ2) is 6.84. The summed E-state index contributed by atoms with van der Waals surface area (Å²) in [5.74, 6) is 0.984. The van der Waals surface area contributed by atoms with Gasteiger partial charge in [0.25, 0.3) is 11.8 Å². The average Bonchev–Trinajstić information content (AvgIpc) is 2.61. The van der Waals surface area contributed by atoms with Crippen LogP contribution < -0.4 is 19.7 Å². The van der Waals surface area contributed by atoms with Crippen LogP contribution in [0.1, 0.15) is 24.2 Å². The number of rotatable bonds is 4. The summed E-state index contributed by atoms with van der Waals surface area (Å²) >= 11 is 0. The van der Waals surface area contributed by atoms with Gasteiger partial charge in [-0.05, 0) is 56.3 Å². The summed E-state index contributed by atoms with van der Waals surface area (Å²) in [5.41, 5.74) is 1.75. The quantitative estimate of drug-likeness (QED) is 0.929. The van der Waals surface area contributed by atoms with E-state index in [-0.39, 0.29) is 11.8 Å². The van der Waals surface area contributed by atoms with E-state index in [1.54, 1.807) is 56.4 Å². The molecule has 1 aliphatic rings. The van der Waals surface area contributed by atoms with E-state index in [1.165, 1.54) is 4.90 Å². The van der Waals surface area contributed by atoms with Crippen LogP contribution in [0.25, 0.3) is 0 Å². The molecule has 2 aromatic carbocycles. The number of carbonyl (C=O) groups is 2. The van der Waals surface area contributed by atoms with Gasteiger partial charge in [-0.3, -0.25) is 9.59 Å². The van der Waals surface area contributed by atoms with Gasteiger partial charge in [-0.15, -0.1) is 0 Å². The van der Waals surface area contributed by atoms with Crippen molar-refractivity contribution in [1.82, 2.24) is 0 Å². The molecule has 1 atom stereocenters. The molecule has 3 rings (SSSR count). The number of hydrogen-bond donors (Lipinski definition) is 1. The molecule has 0 unspecified atom stereocenters. The van der Waals surface area contributed by atoms with Crippen LogP contribution in [0, 0.1) is 0 Å². The zero-order valence-corrected chi connectivity index (χ0v) is 14.4. The smallest absolute Gasteiger partial charge is 0.267 e. The Morgan fingerprint density at radius 2 is 1.96 bits per heavy atom. The number of carbonyl (C=O) groups excluding carboxylic acids is 2. The van der Waals surface area contributed by atoms with Gasteiger partial charge in [-0.1, -0.05) is 0 Å². The summed E-state index contributed by atoms with van der Waals surface area (Å²) in [6.07, 6.45) is -0.512. The van der Waals surface area contributed by atoms with E-state index < -0.39 is 6.10 Å². The Hall–Kier alpha value is -3.02. The Labute approximate surface area is 146 Å². The molecule has 0 aromatic heterocycles. The Bertz CT molecular complexity index is 802. The van der Waals surface area contributed by atoms with E-state index in [2.05, 4.69) is 5.32 Å². The van der Waals surface area contributed by atoms with Crippen molar-refractivity contribution in [3.05, 3.63) is 48.0 Å². The first kappa shape index (κ1) is 16.8. The van der Waals surface area contributed by atoms with E-state index in [1.807, 2.05) is 6.92 Å². The molecule has 130 valence electrons. The number of hydrogen-bond acceptors (Lipinski definition) is 4. The summed E-state index contributed by atoms with van der Waals surface area (Å²) in [7, 11) is 1.69. The number of ether oxygens (including phenoxy) is 2. The van der Waals surface area contributed by atoms with Crippen molar-refractivity contribution >= 4 is 23.2 Å². The third-order valence-electron chi connectivity index (χ3n) is 3.99. The summed E-state index contributed by atoms with van der Waals surface area (Å²) in [4.78, 5) is 26.0. The van der Waals surface area contributed by atoms with Crippen LogP contribution in [0.4, 0.5) is 11.4 Å². The molecule has 0 aliphatic carbocycles. The summed E-state index contributed by atoms with van der Waals surface area (Å²) in [6, 6.07) is 12.2. The van der Waals surface area contributed by atoms with Crippen LogP contribution in [0.2, 0.25) is 0 Å². The molecule has 0 bridgehead atoms. The predicted molar refractivity (Wildman–Crippen MR) is 95.5 cm³/mol. The third-order valence-corrected chi connectivity index (χ3v) is 3.99. The van der Waals surface area contributed by atoms with Crippen molar-refractivity contribution in [2.24, 2.45) is 0 Å². The second-order valence-corrected chi connectivity index (χ2v) is 5.75. The monoisotopic (exact) mass is 340 g/mol. The van der Waals surface area contributed by atoms with Crippen LogP contribution in [-0.4, -0.2) is 31.6 Å². The zero-order valence-electron chi connectivity index (χ0n) is 14.4. The molecule has 6 nitrogen and oxygen atoms in total. The lowest BCUT2D eigenvalue weighted by Crippen LogP contribution is -2.41. The van der Waals surface area contributed by atoms with E-state index >= 15 is 0 Å². The highest BCUT2D eigenvalue weighted by Gasteiger charge is 2.29. The third kappa shape index (κ3) is 3.42. The lowest BCUT2D eigenvalue weighted by Gasteiger charge is -2.30. The number of nitrogens with one attached hydrogen (secondary N) is 1. The number of amides is 2. The van der Waals surface area contributed by atoms with E-state index in [4.69, 9.17) is 9.47 Å². The van der Waals surface area contributed by atoms with E-state index in [9.17, 15) is 9.59 Å². The van der Waals surface area contributed by atoms with Gasteiger partial charge in [0, 0.05) is 18.3 Å². The molecular formula is C19H20N2O4. The van der Waals surface area contributed by atoms with E-state index in [0.717, 1.165) is 5.75 Å². The Morgan fingerprint density at radius 1 is 1.24 bits per heavy atom.